The SMILES string of the molecule is Cc1noc(C)c1S(=O)(=O)N1CCC[C@H](C)C1. The Balaban J connectivity index is 2.36. The van der Waals surface area contributed by atoms with Gasteiger partial charge >= 0.3 is 0 Å². The van der Waals surface area contributed by atoms with Gasteiger partial charge in [-0.1, -0.05) is 12.1 Å². The minimum Gasteiger partial charge on any atom is -0.360 e. The molecular formula is C11H18N2O3S. The number of nitrogens with zero attached hydrogens (tertiary/aromatic N) is 2. The highest BCUT2D eigenvalue weighted by molar-refractivity contribution is 7.89. The third-order valence-electron chi connectivity index (χ3n) is 3.19. The van der Waals surface area contributed by atoms with Crippen molar-refractivity contribution in [1.29, 1.82) is 0 Å². The lowest BCUT2D eigenvalue weighted by Crippen LogP contribution is -2.39. The van der Waals surface area contributed by atoms with Crippen LogP contribution in [0.25, 0.3) is 0 Å². The Kier molecular flexibility index (Phi) is 3.27. The molecule has 0 aliphatic carbocycles. The van der Waals surface area contributed by atoms with Crippen LogP contribution in [-0.4, -0.2) is 31.0 Å². The molecular weight excluding hydrogens is 240 g/mol. The van der Waals surface area contributed by atoms with Crippen LogP contribution in [0.4, 0.5) is 0 Å². The molecule has 5 nitrogen and oxygen atoms in total. The van der Waals surface area contributed by atoms with E-state index in [0.717, 1.165) is 12.8 Å². The molecule has 1 aliphatic heterocycles. The fourth-order valence-corrected chi connectivity index (χ4v) is 4.23. The second-order valence-corrected chi connectivity index (χ2v) is 6.64. The van der Waals surface area contributed by atoms with Gasteiger partial charge in [0.2, 0.25) is 10.0 Å². The molecule has 96 valence electrons. The highest BCUT2D eigenvalue weighted by Crippen LogP contribution is 2.27. The number of aryl methyl sites for hydroxylation is 2. The van der Waals surface area contributed by atoms with E-state index >= 15 is 0 Å². The van der Waals surface area contributed by atoms with Crippen LogP contribution in [0.3, 0.4) is 0 Å². The number of hydrogen-bond donors (Lipinski definition) is 0. The summed E-state index contributed by atoms with van der Waals surface area (Å²) in [6, 6.07) is 0. The van der Waals surface area contributed by atoms with Gasteiger partial charge in [-0.05, 0) is 32.6 Å². The summed E-state index contributed by atoms with van der Waals surface area (Å²) in [6.07, 6.45) is 2.01. The monoisotopic (exact) mass is 258 g/mol. The molecule has 1 aromatic heterocycles. The molecule has 17 heavy (non-hydrogen) atoms. The summed E-state index contributed by atoms with van der Waals surface area (Å²) >= 11 is 0. The van der Waals surface area contributed by atoms with Gasteiger partial charge in [0.15, 0.2) is 5.76 Å². The normalized spacial score (nSPS) is 22.9. The summed E-state index contributed by atoms with van der Waals surface area (Å²) in [6.45, 7) is 6.56. The minimum absolute atomic E-state index is 0.242. The Morgan fingerprint density at radius 1 is 1.41 bits per heavy atom. The smallest absolute Gasteiger partial charge is 0.248 e. The number of rotatable bonds is 2. The highest BCUT2D eigenvalue weighted by Gasteiger charge is 2.33. The van der Waals surface area contributed by atoms with Crippen LogP contribution in [0, 0.1) is 19.8 Å². The Hall–Kier alpha value is -0.880. The first-order valence-corrected chi connectivity index (χ1v) is 7.30. The van der Waals surface area contributed by atoms with Crippen molar-refractivity contribution in [1.82, 2.24) is 9.46 Å². The molecule has 0 bridgehead atoms. The molecule has 1 atom stereocenters. The Bertz CT molecular complexity index is 487. The van der Waals surface area contributed by atoms with Crippen LogP contribution in [-0.2, 0) is 10.0 Å². The molecule has 0 unspecified atom stereocenters. The van der Waals surface area contributed by atoms with Crippen LogP contribution < -0.4 is 0 Å². The van der Waals surface area contributed by atoms with E-state index < -0.39 is 10.0 Å². The van der Waals surface area contributed by atoms with Crippen LogP contribution in [0.15, 0.2) is 9.42 Å². The zero-order chi connectivity index (χ0) is 12.6. The lowest BCUT2D eigenvalue weighted by Gasteiger charge is -2.29. The van der Waals surface area contributed by atoms with Gasteiger partial charge in [0, 0.05) is 13.1 Å². The Labute approximate surface area is 102 Å². The van der Waals surface area contributed by atoms with Crippen molar-refractivity contribution in [2.24, 2.45) is 5.92 Å². The predicted molar refractivity (Wildman–Crippen MR) is 63.1 cm³/mol. The number of hydrogen-bond acceptors (Lipinski definition) is 4. The molecule has 0 spiro atoms. The third kappa shape index (κ3) is 2.24. The molecule has 0 N–H and O–H groups in total. The second kappa shape index (κ2) is 4.42. The number of aromatic nitrogens is 1. The zero-order valence-corrected chi connectivity index (χ0v) is 11.2. The lowest BCUT2D eigenvalue weighted by molar-refractivity contribution is 0.280. The maximum absolute atomic E-state index is 12.5. The van der Waals surface area contributed by atoms with Gasteiger partial charge in [-0.2, -0.15) is 4.31 Å². The summed E-state index contributed by atoms with van der Waals surface area (Å²) < 4.78 is 31.4. The van der Waals surface area contributed by atoms with Gasteiger partial charge in [0.05, 0.1) is 0 Å². The van der Waals surface area contributed by atoms with Gasteiger partial charge in [0.1, 0.15) is 10.6 Å². The van der Waals surface area contributed by atoms with E-state index in [2.05, 4.69) is 12.1 Å². The summed E-state index contributed by atoms with van der Waals surface area (Å²) in [4.78, 5) is 0.242. The predicted octanol–water partition coefficient (Wildman–Crippen LogP) is 1.71. The van der Waals surface area contributed by atoms with Gasteiger partial charge < -0.3 is 4.52 Å². The average molecular weight is 258 g/mol. The van der Waals surface area contributed by atoms with Crippen LogP contribution in [0.5, 0.6) is 0 Å². The van der Waals surface area contributed by atoms with Crippen molar-refractivity contribution >= 4 is 10.0 Å². The van der Waals surface area contributed by atoms with E-state index in [0.29, 0.717) is 30.5 Å². The Morgan fingerprint density at radius 2 is 2.12 bits per heavy atom. The molecule has 0 amide bonds. The van der Waals surface area contributed by atoms with Gasteiger partial charge in [-0.15, -0.1) is 0 Å². The molecule has 0 saturated carbocycles. The van der Waals surface area contributed by atoms with E-state index in [1.807, 2.05) is 0 Å². The summed E-state index contributed by atoms with van der Waals surface area (Å²) in [7, 11) is -3.44. The number of sulfonamides is 1. The third-order valence-corrected chi connectivity index (χ3v) is 5.30. The van der Waals surface area contributed by atoms with Crippen molar-refractivity contribution in [3.63, 3.8) is 0 Å². The van der Waals surface area contributed by atoms with E-state index in [-0.39, 0.29) is 4.90 Å². The molecule has 0 radical (unpaired) electrons. The lowest BCUT2D eigenvalue weighted by atomic mass is 10.0. The van der Waals surface area contributed by atoms with Crippen molar-refractivity contribution in [2.45, 2.75) is 38.5 Å². The standard InChI is InChI=1S/C11H18N2O3S/c1-8-5-4-6-13(7-8)17(14,15)11-9(2)12-16-10(11)3/h8H,4-7H2,1-3H3/t8-/m0/s1. The fourth-order valence-electron chi connectivity index (χ4n) is 2.34. The highest BCUT2D eigenvalue weighted by atomic mass is 32.2. The minimum atomic E-state index is -3.44. The quantitative estimate of drug-likeness (QED) is 0.810. The first-order chi connectivity index (χ1) is 7.93. The second-order valence-electron chi connectivity index (χ2n) is 4.76. The van der Waals surface area contributed by atoms with Crippen LogP contribution in [0.2, 0.25) is 0 Å². The van der Waals surface area contributed by atoms with Crippen molar-refractivity contribution in [3.05, 3.63) is 11.5 Å². The summed E-state index contributed by atoms with van der Waals surface area (Å²) in [5.74, 6) is 0.791. The van der Waals surface area contributed by atoms with Gasteiger partial charge in [0.25, 0.3) is 0 Å². The van der Waals surface area contributed by atoms with Crippen molar-refractivity contribution in [2.75, 3.05) is 13.1 Å². The molecule has 1 fully saturated rings. The van der Waals surface area contributed by atoms with E-state index in [4.69, 9.17) is 4.52 Å². The fraction of sp³-hybridized carbons (Fsp3) is 0.727. The molecule has 2 rings (SSSR count). The van der Waals surface area contributed by atoms with Crippen LogP contribution in [0.1, 0.15) is 31.2 Å². The van der Waals surface area contributed by atoms with Gasteiger partial charge in [-0.25, -0.2) is 8.42 Å². The molecule has 1 aromatic rings. The van der Waals surface area contributed by atoms with Crippen molar-refractivity contribution in [3.8, 4) is 0 Å². The summed E-state index contributed by atoms with van der Waals surface area (Å²) in [5.41, 5.74) is 0.445. The molecule has 1 saturated heterocycles. The Morgan fingerprint density at radius 3 is 2.65 bits per heavy atom. The zero-order valence-electron chi connectivity index (χ0n) is 10.4. The summed E-state index contributed by atoms with van der Waals surface area (Å²) in [5, 5.41) is 3.72. The molecule has 6 heteroatoms. The molecule has 1 aliphatic rings. The first-order valence-electron chi connectivity index (χ1n) is 5.86. The van der Waals surface area contributed by atoms with Crippen molar-refractivity contribution < 1.29 is 12.9 Å². The molecule has 0 aromatic carbocycles. The molecule has 2 heterocycles. The van der Waals surface area contributed by atoms with E-state index in [9.17, 15) is 8.42 Å². The topological polar surface area (TPSA) is 63.4 Å². The van der Waals surface area contributed by atoms with E-state index in [1.54, 1.807) is 18.2 Å². The maximum atomic E-state index is 12.5. The maximum Gasteiger partial charge on any atom is 0.248 e. The first kappa shape index (κ1) is 12.6. The van der Waals surface area contributed by atoms with Gasteiger partial charge in [-0.3, -0.25) is 0 Å². The van der Waals surface area contributed by atoms with Crippen LogP contribution >= 0.6 is 0 Å². The largest absolute Gasteiger partial charge is 0.360 e. The number of piperidine rings is 1. The average Bonchev–Trinajstić information content (AvgIpc) is 2.59. The van der Waals surface area contributed by atoms with E-state index in [1.165, 1.54) is 0 Å².